The molecule has 0 radical (unpaired) electrons. The summed E-state index contributed by atoms with van der Waals surface area (Å²) in [6.45, 7) is 16.0. The van der Waals surface area contributed by atoms with Gasteiger partial charge in [0.1, 0.15) is 0 Å². The summed E-state index contributed by atoms with van der Waals surface area (Å²) in [5, 5.41) is 5.06. The third-order valence-corrected chi connectivity index (χ3v) is 33.2. The summed E-state index contributed by atoms with van der Waals surface area (Å²) in [7, 11) is 17.1. The Morgan fingerprint density at radius 3 is 1.31 bits per heavy atom. The Morgan fingerprint density at radius 2 is 0.898 bits per heavy atom. The molecule has 2 atom stereocenters. The van der Waals surface area contributed by atoms with Crippen molar-refractivity contribution in [2.45, 2.75) is 59.8 Å². The molecular formula is C46H43Cl2Zr. The first-order valence-corrected chi connectivity index (χ1v) is 28.5. The molecule has 0 aromatic heterocycles. The molecule has 0 saturated carbocycles. The van der Waals surface area contributed by atoms with Crippen LogP contribution in [0.5, 0.6) is 0 Å². The second-order valence-corrected chi connectivity index (χ2v) is 37.7. The van der Waals surface area contributed by atoms with Crippen molar-refractivity contribution >= 4 is 50.7 Å². The van der Waals surface area contributed by atoms with Crippen LogP contribution in [0, 0.1) is 27.7 Å². The molecule has 245 valence electrons. The molecule has 2 aliphatic carbocycles. The fourth-order valence-electron chi connectivity index (χ4n) is 9.52. The molecule has 6 aromatic rings. The number of allylic oxidation sites excluding steroid dienone is 2. The van der Waals surface area contributed by atoms with Gasteiger partial charge in [0.2, 0.25) is 0 Å². The normalized spacial score (nSPS) is 17.9. The Balaban J connectivity index is 1.37. The van der Waals surface area contributed by atoms with Crippen LogP contribution >= 0.6 is 17.0 Å². The van der Waals surface area contributed by atoms with Crippen LogP contribution in [0.1, 0.15) is 72.5 Å². The van der Waals surface area contributed by atoms with Gasteiger partial charge in [0, 0.05) is 0 Å². The van der Waals surface area contributed by atoms with Crippen molar-refractivity contribution in [2.24, 2.45) is 0 Å². The van der Waals surface area contributed by atoms with E-state index < -0.39 is 16.4 Å². The predicted octanol–water partition coefficient (Wildman–Crippen LogP) is 14.6. The van der Waals surface area contributed by atoms with Crippen molar-refractivity contribution < 1.29 is 16.4 Å². The number of halogens is 2. The number of benzene rings is 6. The van der Waals surface area contributed by atoms with Gasteiger partial charge in [-0.1, -0.05) is 0 Å². The van der Waals surface area contributed by atoms with E-state index in [2.05, 4.69) is 158 Å². The average molecular weight is 758 g/mol. The van der Waals surface area contributed by atoms with Gasteiger partial charge in [0.15, 0.2) is 0 Å². The predicted molar refractivity (Wildman–Crippen MR) is 213 cm³/mol. The van der Waals surface area contributed by atoms with E-state index in [-0.39, 0.29) is 7.25 Å². The van der Waals surface area contributed by atoms with Gasteiger partial charge in [-0.3, -0.25) is 0 Å². The van der Waals surface area contributed by atoms with Gasteiger partial charge in [0.05, 0.1) is 0 Å². The third kappa shape index (κ3) is 4.79. The molecular weight excluding hydrogens is 715 g/mol. The minimum atomic E-state index is -4.93. The summed E-state index contributed by atoms with van der Waals surface area (Å²) in [5.74, 6) is 0. The maximum absolute atomic E-state index is 8.57. The Kier molecular flexibility index (Phi) is 7.85. The minimum absolute atomic E-state index is 0.0126. The van der Waals surface area contributed by atoms with Crippen LogP contribution in [0.3, 0.4) is 0 Å². The van der Waals surface area contributed by atoms with Gasteiger partial charge in [-0.2, -0.15) is 0 Å². The Bertz CT molecular complexity index is 2270. The Hall–Kier alpha value is -3.22. The van der Waals surface area contributed by atoms with E-state index >= 15 is 0 Å². The Labute approximate surface area is 299 Å². The van der Waals surface area contributed by atoms with Crippen LogP contribution in [0.2, 0.25) is 4.13 Å². The zero-order chi connectivity index (χ0) is 34.4. The molecule has 2 unspecified atom stereocenters. The first kappa shape index (κ1) is 33.0. The maximum atomic E-state index is 8.57. The summed E-state index contributed by atoms with van der Waals surface area (Å²) in [4.78, 5) is 0. The zero-order valence-corrected chi connectivity index (χ0v) is 33.5. The van der Waals surface area contributed by atoms with Crippen molar-refractivity contribution in [2.75, 3.05) is 0 Å². The fourth-order valence-corrected chi connectivity index (χ4v) is 28.7. The topological polar surface area (TPSA) is 0 Å². The molecule has 0 aliphatic heterocycles. The molecule has 0 bridgehead atoms. The van der Waals surface area contributed by atoms with Gasteiger partial charge < -0.3 is 0 Å². The molecule has 0 amide bonds. The van der Waals surface area contributed by atoms with Crippen molar-refractivity contribution in [3.63, 3.8) is 0 Å². The van der Waals surface area contributed by atoms with E-state index in [9.17, 15) is 0 Å². The molecule has 3 heteroatoms. The fraction of sp³-hybridized carbons (Fsp3) is 0.217. The average Bonchev–Trinajstić information content (AvgIpc) is 3.66. The molecule has 0 nitrogen and oxygen atoms in total. The van der Waals surface area contributed by atoms with Gasteiger partial charge >= 0.3 is 302 Å². The van der Waals surface area contributed by atoms with Gasteiger partial charge in [-0.15, -0.1) is 0 Å². The monoisotopic (exact) mass is 755 g/mol. The summed E-state index contributed by atoms with van der Waals surface area (Å²) in [5.41, 5.74) is 18.3. The van der Waals surface area contributed by atoms with Crippen LogP contribution in [0.4, 0.5) is 0 Å². The van der Waals surface area contributed by atoms with Crippen LogP contribution < -0.4 is 0 Å². The summed E-state index contributed by atoms with van der Waals surface area (Å²) >= 11 is -4.93. The SMILES string of the molecule is C[CH2][Zr]([Cl])([Cl])([CH]1C(C)=Cc2c(-c3cccc4ccccc34)cc(C)c(C)c21)[CH]1C(C)=Cc2c(-c3cccc4ccccc34)cc(C)c(C)c21. The van der Waals surface area contributed by atoms with Crippen LogP contribution in [-0.4, -0.2) is 0 Å². The molecule has 49 heavy (non-hydrogen) atoms. The van der Waals surface area contributed by atoms with Crippen LogP contribution in [0.25, 0.3) is 56.0 Å². The number of hydrogen-bond donors (Lipinski definition) is 0. The van der Waals surface area contributed by atoms with E-state index in [0.29, 0.717) is 0 Å². The molecule has 0 saturated heterocycles. The quantitative estimate of drug-likeness (QED) is 0.164. The zero-order valence-electron chi connectivity index (χ0n) is 29.5. The molecule has 2 aliphatic rings. The number of fused-ring (bicyclic) bond motifs is 4. The standard InChI is InChI=1S/2C22H19.C2H5.2ClH.Zr/c2*1-14-11-20-16(3)15(2)13-22(21(20)12-14)19-10-6-8-17-7-4-5-9-18(17)19;1-2;;;/h2*4-13H,1-3H3;1H2,2H3;2*1H;/q;;;;;+2/p-2. The molecule has 0 spiro atoms. The molecule has 0 N–H and O–H groups in total. The molecule has 8 rings (SSSR count). The number of rotatable bonds is 5. The van der Waals surface area contributed by atoms with Gasteiger partial charge in [-0.05, 0) is 0 Å². The van der Waals surface area contributed by atoms with Crippen molar-refractivity contribution in [3.8, 4) is 22.3 Å². The van der Waals surface area contributed by atoms with Crippen LogP contribution in [-0.2, 0) is 16.4 Å². The van der Waals surface area contributed by atoms with E-state index in [1.54, 1.807) is 0 Å². The summed E-state index contributed by atoms with van der Waals surface area (Å²) < 4.78 is 0.820. The van der Waals surface area contributed by atoms with E-state index in [1.165, 1.54) is 99.5 Å². The van der Waals surface area contributed by atoms with Gasteiger partial charge in [0.25, 0.3) is 0 Å². The van der Waals surface area contributed by atoms with Crippen LogP contribution in [0.15, 0.2) is 108 Å². The summed E-state index contributed by atoms with van der Waals surface area (Å²) in [6, 6.07) is 35.6. The van der Waals surface area contributed by atoms with E-state index in [1.807, 2.05) is 0 Å². The first-order valence-electron chi connectivity index (χ1n) is 17.6. The molecule has 6 aromatic carbocycles. The third-order valence-electron chi connectivity index (χ3n) is 12.1. The van der Waals surface area contributed by atoms with E-state index in [0.717, 1.165) is 4.13 Å². The number of aryl methyl sites for hydroxylation is 2. The van der Waals surface area contributed by atoms with E-state index in [4.69, 9.17) is 17.0 Å². The molecule has 0 fully saturated rings. The second-order valence-electron chi connectivity index (χ2n) is 14.8. The number of hydrogen-bond acceptors (Lipinski definition) is 0. The first-order chi connectivity index (χ1) is 23.4. The van der Waals surface area contributed by atoms with Crippen molar-refractivity contribution in [1.82, 2.24) is 0 Å². The van der Waals surface area contributed by atoms with Crippen molar-refractivity contribution in [3.05, 3.63) is 153 Å². The Morgan fingerprint density at radius 1 is 0.510 bits per heavy atom. The summed E-state index contributed by atoms with van der Waals surface area (Å²) in [6.07, 6.45) is 4.85. The van der Waals surface area contributed by atoms with Gasteiger partial charge in [-0.25, -0.2) is 0 Å². The second kappa shape index (κ2) is 11.7. The van der Waals surface area contributed by atoms with Crippen molar-refractivity contribution in [1.29, 1.82) is 0 Å². The molecule has 0 heterocycles.